The van der Waals surface area contributed by atoms with Crippen LogP contribution in [0.2, 0.25) is 10.0 Å². The number of amides is 2. The monoisotopic (exact) mass is 614 g/mol. The minimum Gasteiger partial charge on any atom is -0.478 e. The summed E-state index contributed by atoms with van der Waals surface area (Å²) >= 11 is 12.2. The number of unbranched alkanes of at least 4 members (excludes halogenated alkanes) is 1. The Morgan fingerprint density at radius 3 is 2.26 bits per heavy atom. The van der Waals surface area contributed by atoms with Gasteiger partial charge in [-0.05, 0) is 73.0 Å². The first-order chi connectivity index (χ1) is 20.6. The third-order valence-electron chi connectivity index (χ3n) is 7.14. The molecule has 0 saturated carbocycles. The van der Waals surface area contributed by atoms with Crippen molar-refractivity contribution in [2.75, 3.05) is 17.3 Å². The number of hydrogen-bond acceptors (Lipinski definition) is 4. The van der Waals surface area contributed by atoms with Gasteiger partial charge in [-0.25, -0.2) is 9.78 Å². The number of anilines is 2. The molecule has 0 unspecified atom stereocenters. The Kier molecular flexibility index (Phi) is 8.80. The Balaban J connectivity index is 1.31. The molecule has 218 valence electrons. The zero-order chi connectivity index (χ0) is 30.7. The number of carboxylic acids is 1. The molecule has 8 nitrogen and oxygen atoms in total. The van der Waals surface area contributed by atoms with E-state index in [-0.39, 0.29) is 22.7 Å². The fourth-order valence-electron chi connectivity index (χ4n) is 4.66. The van der Waals surface area contributed by atoms with E-state index in [0.29, 0.717) is 32.6 Å². The van der Waals surface area contributed by atoms with Gasteiger partial charge < -0.3 is 20.3 Å². The number of hydrogen-bond donors (Lipinski definition) is 3. The topological polar surface area (TPSA) is 115 Å². The highest BCUT2D eigenvalue weighted by atomic mass is 35.5. The maximum absolute atomic E-state index is 13.2. The first kappa shape index (κ1) is 29.8. The van der Waals surface area contributed by atoms with Gasteiger partial charge in [-0.3, -0.25) is 9.59 Å². The molecule has 0 aliphatic heterocycles. The number of fused-ring (bicyclic) bond motifs is 1. The van der Waals surface area contributed by atoms with Crippen molar-refractivity contribution >= 4 is 63.4 Å². The number of carboxylic acid groups (broad SMARTS) is 1. The van der Waals surface area contributed by atoms with Gasteiger partial charge in [0.15, 0.2) is 0 Å². The summed E-state index contributed by atoms with van der Waals surface area (Å²) in [5, 5.41) is 13.3. The predicted molar refractivity (Wildman–Crippen MR) is 171 cm³/mol. The number of aryl methyl sites for hydroxylation is 1. The van der Waals surface area contributed by atoms with Crippen LogP contribution in [0.15, 0.2) is 78.9 Å². The van der Waals surface area contributed by atoms with E-state index in [1.54, 1.807) is 43.4 Å². The quantitative estimate of drug-likeness (QED) is 0.155. The summed E-state index contributed by atoms with van der Waals surface area (Å²) in [5.41, 5.74) is 4.37. The number of imidazole rings is 1. The van der Waals surface area contributed by atoms with Crippen LogP contribution < -0.4 is 10.2 Å². The highest BCUT2D eigenvalue weighted by Crippen LogP contribution is 2.29. The Bertz CT molecular complexity index is 1790. The summed E-state index contributed by atoms with van der Waals surface area (Å²) in [4.78, 5) is 47.5. The minimum atomic E-state index is -1.27. The van der Waals surface area contributed by atoms with Crippen LogP contribution in [0, 0.1) is 0 Å². The molecule has 43 heavy (non-hydrogen) atoms. The molecule has 0 fully saturated rings. The molecule has 5 rings (SSSR count). The number of aromatic carboxylic acids is 1. The normalized spacial score (nSPS) is 11.0. The maximum Gasteiger partial charge on any atom is 0.337 e. The van der Waals surface area contributed by atoms with Crippen molar-refractivity contribution in [3.05, 3.63) is 111 Å². The Hall–Kier alpha value is -4.66. The second-order valence-corrected chi connectivity index (χ2v) is 10.9. The van der Waals surface area contributed by atoms with E-state index in [1.165, 1.54) is 28.7 Å². The Labute approximate surface area is 258 Å². The van der Waals surface area contributed by atoms with Crippen molar-refractivity contribution in [1.82, 2.24) is 9.97 Å². The molecule has 1 heterocycles. The molecule has 0 atom stereocenters. The molecular formula is C33H28Cl2N4O4. The van der Waals surface area contributed by atoms with Crippen molar-refractivity contribution in [2.45, 2.75) is 26.2 Å². The number of carbonyl (C=O) groups is 3. The van der Waals surface area contributed by atoms with Crippen LogP contribution in [0.4, 0.5) is 11.4 Å². The van der Waals surface area contributed by atoms with Crippen molar-refractivity contribution in [2.24, 2.45) is 0 Å². The van der Waals surface area contributed by atoms with E-state index in [2.05, 4.69) is 22.2 Å². The summed E-state index contributed by atoms with van der Waals surface area (Å²) in [6, 6.07) is 22.0. The number of aromatic nitrogens is 2. The van der Waals surface area contributed by atoms with Crippen LogP contribution >= 0.6 is 23.2 Å². The molecule has 10 heteroatoms. The fourth-order valence-corrected chi connectivity index (χ4v) is 4.98. The predicted octanol–water partition coefficient (Wildman–Crippen LogP) is 8.11. The van der Waals surface area contributed by atoms with Crippen LogP contribution in [-0.2, 0) is 6.42 Å². The van der Waals surface area contributed by atoms with Gasteiger partial charge in [-0.2, -0.15) is 0 Å². The van der Waals surface area contributed by atoms with Gasteiger partial charge in [0.05, 0.1) is 32.3 Å². The van der Waals surface area contributed by atoms with Crippen molar-refractivity contribution in [1.29, 1.82) is 0 Å². The average molecular weight is 616 g/mol. The summed E-state index contributed by atoms with van der Waals surface area (Å²) in [6.45, 7) is 2.14. The molecule has 0 spiro atoms. The molecule has 3 N–H and O–H groups in total. The second-order valence-electron chi connectivity index (χ2n) is 10.1. The summed E-state index contributed by atoms with van der Waals surface area (Å²) in [6.07, 6.45) is 3.17. The lowest BCUT2D eigenvalue weighted by atomic mass is 10.1. The Morgan fingerprint density at radius 2 is 1.58 bits per heavy atom. The SMILES string of the molecule is CCCCc1ccc(N(C)C(=O)c2ccc(NC(=O)c3ccc(-c4nc5cc(Cl)c(Cl)cc5[nH]4)cc3)c(C(=O)O)c2)cc1. The second kappa shape index (κ2) is 12.7. The summed E-state index contributed by atoms with van der Waals surface area (Å²) in [7, 11) is 1.64. The van der Waals surface area contributed by atoms with Crippen LogP contribution in [-0.4, -0.2) is 39.9 Å². The maximum atomic E-state index is 13.2. The van der Waals surface area contributed by atoms with E-state index >= 15 is 0 Å². The third-order valence-corrected chi connectivity index (χ3v) is 7.86. The minimum absolute atomic E-state index is 0.0760. The van der Waals surface area contributed by atoms with Crippen molar-refractivity contribution < 1.29 is 19.5 Å². The van der Waals surface area contributed by atoms with Gasteiger partial charge in [-0.15, -0.1) is 0 Å². The highest BCUT2D eigenvalue weighted by molar-refractivity contribution is 6.42. The number of rotatable bonds is 9. The average Bonchev–Trinajstić information content (AvgIpc) is 3.42. The van der Waals surface area contributed by atoms with E-state index in [9.17, 15) is 19.5 Å². The molecule has 0 saturated heterocycles. The number of carbonyl (C=O) groups excluding carboxylic acids is 2. The summed E-state index contributed by atoms with van der Waals surface area (Å²) in [5.74, 6) is -1.57. The van der Waals surface area contributed by atoms with Gasteiger partial charge in [-0.1, -0.05) is 60.8 Å². The number of benzene rings is 4. The third kappa shape index (κ3) is 6.56. The number of aromatic amines is 1. The Morgan fingerprint density at radius 1 is 0.907 bits per heavy atom. The van der Waals surface area contributed by atoms with Crippen molar-refractivity contribution in [3.8, 4) is 11.4 Å². The highest BCUT2D eigenvalue weighted by Gasteiger charge is 2.20. The zero-order valence-corrected chi connectivity index (χ0v) is 25.0. The van der Waals surface area contributed by atoms with Gasteiger partial charge in [0.2, 0.25) is 0 Å². The number of H-pyrrole nitrogens is 1. The van der Waals surface area contributed by atoms with E-state index in [1.807, 2.05) is 24.3 Å². The van der Waals surface area contributed by atoms with E-state index in [4.69, 9.17) is 23.2 Å². The standard InChI is InChI=1S/C33H28Cl2N4O4/c1-3-4-5-19-6-13-23(14-7-19)39(2)32(41)22-12-15-27(24(16-22)33(42)43)38-31(40)21-10-8-20(9-11-21)30-36-28-17-25(34)26(35)18-29(28)37-30/h6-18H,3-5H2,1-2H3,(H,36,37)(H,38,40)(H,42,43). The molecule has 0 aliphatic carbocycles. The number of nitrogens with one attached hydrogen (secondary N) is 2. The van der Waals surface area contributed by atoms with Gasteiger partial charge in [0.1, 0.15) is 5.82 Å². The first-order valence-electron chi connectivity index (χ1n) is 13.7. The molecule has 4 aromatic carbocycles. The van der Waals surface area contributed by atoms with Crippen molar-refractivity contribution in [3.63, 3.8) is 0 Å². The van der Waals surface area contributed by atoms with Crippen LogP contribution in [0.5, 0.6) is 0 Å². The first-order valence-corrected chi connectivity index (χ1v) is 14.4. The van der Waals surface area contributed by atoms with Gasteiger partial charge in [0.25, 0.3) is 11.8 Å². The smallest absolute Gasteiger partial charge is 0.337 e. The zero-order valence-electron chi connectivity index (χ0n) is 23.4. The van der Waals surface area contributed by atoms with Crippen LogP contribution in [0.3, 0.4) is 0 Å². The van der Waals surface area contributed by atoms with Gasteiger partial charge in [0, 0.05) is 29.4 Å². The molecule has 0 radical (unpaired) electrons. The number of nitrogens with zero attached hydrogens (tertiary/aromatic N) is 2. The lowest BCUT2D eigenvalue weighted by molar-refractivity contribution is 0.0698. The van der Waals surface area contributed by atoms with Crippen LogP contribution in [0.25, 0.3) is 22.4 Å². The van der Waals surface area contributed by atoms with Gasteiger partial charge >= 0.3 is 5.97 Å². The van der Waals surface area contributed by atoms with E-state index in [0.717, 1.165) is 30.3 Å². The largest absolute Gasteiger partial charge is 0.478 e. The fraction of sp³-hybridized carbons (Fsp3) is 0.152. The lowest BCUT2D eigenvalue weighted by Gasteiger charge is -2.19. The lowest BCUT2D eigenvalue weighted by Crippen LogP contribution is -2.26. The van der Waals surface area contributed by atoms with Crippen LogP contribution in [0.1, 0.15) is 56.4 Å². The molecular weight excluding hydrogens is 587 g/mol. The molecule has 0 bridgehead atoms. The molecule has 1 aromatic heterocycles. The van der Waals surface area contributed by atoms with E-state index < -0.39 is 11.9 Å². The molecule has 0 aliphatic rings. The summed E-state index contributed by atoms with van der Waals surface area (Å²) < 4.78 is 0. The molecule has 5 aromatic rings. The molecule has 2 amide bonds. The number of halogens is 2.